The van der Waals surface area contributed by atoms with Crippen molar-refractivity contribution in [2.24, 2.45) is 35.5 Å². The van der Waals surface area contributed by atoms with Gasteiger partial charge in [0.25, 0.3) is 0 Å². The molecule has 0 saturated carbocycles. The van der Waals surface area contributed by atoms with E-state index in [0.29, 0.717) is 32.4 Å². The van der Waals surface area contributed by atoms with Crippen molar-refractivity contribution in [1.29, 1.82) is 0 Å². The maximum atomic E-state index is 12.2. The SMILES string of the molecule is O=C(O)C(Cc1cccc(CCN(CCOc2cccc(CC(C(=O)O)C3CCNC3)c2)CCc2cccc(CC(C(=O)O)C3CCNC3)c2)c1)C1CCNC1. The number of carbonyl (C=O) groups is 3. The summed E-state index contributed by atoms with van der Waals surface area (Å²) in [6.07, 6.45) is 5.77. The summed E-state index contributed by atoms with van der Waals surface area (Å²) in [5, 5.41) is 39.9. The Labute approximate surface area is 331 Å². The largest absolute Gasteiger partial charge is 0.492 e. The van der Waals surface area contributed by atoms with Gasteiger partial charge in [-0.05, 0) is 148 Å². The average Bonchev–Trinajstić information content (AvgIpc) is 4.02. The molecule has 3 aromatic rings. The standard InChI is InChI=1S/C45H60N4O7/c50-43(51)40(36-10-15-46-28-36)25-33-6-1-4-31(22-33)13-18-49(19-14-32-5-2-7-34(23-32)26-41(44(52)53)37-11-16-47-29-37)20-21-56-39-9-3-8-35(24-39)27-42(45(54)55)38-12-17-48-30-38/h1-9,22-24,36-38,40-42,46-48H,10-21,25-30H2,(H,50,51)(H,52,53)(H,54,55). The van der Waals surface area contributed by atoms with Gasteiger partial charge in [0.1, 0.15) is 12.4 Å². The van der Waals surface area contributed by atoms with E-state index < -0.39 is 35.7 Å². The quantitative estimate of drug-likeness (QED) is 0.0860. The highest BCUT2D eigenvalue weighted by Gasteiger charge is 2.32. The predicted molar refractivity (Wildman–Crippen MR) is 216 cm³/mol. The Morgan fingerprint density at radius 2 is 0.964 bits per heavy atom. The summed E-state index contributed by atoms with van der Waals surface area (Å²) in [6.45, 7) is 7.55. The molecular formula is C45H60N4O7. The van der Waals surface area contributed by atoms with Crippen molar-refractivity contribution in [2.45, 2.75) is 51.4 Å². The average molecular weight is 769 g/mol. The third kappa shape index (κ3) is 12.1. The highest BCUT2D eigenvalue weighted by molar-refractivity contribution is 5.72. The van der Waals surface area contributed by atoms with Gasteiger partial charge in [0.2, 0.25) is 0 Å². The predicted octanol–water partition coefficient (Wildman–Crippen LogP) is 4.41. The monoisotopic (exact) mass is 768 g/mol. The van der Waals surface area contributed by atoms with Crippen LogP contribution in [0.25, 0.3) is 0 Å². The number of carboxylic acid groups (broad SMARTS) is 3. The zero-order valence-corrected chi connectivity index (χ0v) is 32.5. The summed E-state index contributed by atoms with van der Waals surface area (Å²) in [6, 6.07) is 24.5. The Bertz CT molecular complexity index is 1650. The number of ether oxygens (including phenoxy) is 1. The van der Waals surface area contributed by atoms with Crippen molar-refractivity contribution in [3.8, 4) is 5.75 Å². The summed E-state index contributed by atoms with van der Waals surface area (Å²) in [7, 11) is 0. The first-order chi connectivity index (χ1) is 27.2. The second kappa shape index (κ2) is 20.8. The molecule has 6 N–H and O–H groups in total. The number of hydrogen-bond donors (Lipinski definition) is 6. The molecule has 3 aliphatic heterocycles. The molecule has 56 heavy (non-hydrogen) atoms. The fourth-order valence-corrected chi connectivity index (χ4v) is 8.98. The number of carboxylic acids is 3. The Kier molecular flexibility index (Phi) is 15.3. The molecule has 0 radical (unpaired) electrons. The molecule has 6 atom stereocenters. The van der Waals surface area contributed by atoms with Crippen LogP contribution in [-0.4, -0.2) is 104 Å². The maximum Gasteiger partial charge on any atom is 0.307 e. The molecule has 0 aliphatic carbocycles. The molecular weight excluding hydrogens is 709 g/mol. The van der Waals surface area contributed by atoms with Gasteiger partial charge in [-0.15, -0.1) is 0 Å². The lowest BCUT2D eigenvalue weighted by Crippen LogP contribution is -2.32. The number of hydrogen-bond acceptors (Lipinski definition) is 8. The van der Waals surface area contributed by atoms with E-state index in [1.807, 2.05) is 48.5 Å². The van der Waals surface area contributed by atoms with Gasteiger partial charge in [0.05, 0.1) is 17.8 Å². The van der Waals surface area contributed by atoms with E-state index in [1.54, 1.807) is 0 Å². The first kappa shape index (κ1) is 41.3. The van der Waals surface area contributed by atoms with Crippen LogP contribution in [0.15, 0.2) is 72.8 Å². The van der Waals surface area contributed by atoms with Crippen LogP contribution in [0.4, 0.5) is 0 Å². The summed E-state index contributed by atoms with van der Waals surface area (Å²) < 4.78 is 6.29. The fourth-order valence-electron chi connectivity index (χ4n) is 8.98. The lowest BCUT2D eigenvalue weighted by molar-refractivity contribution is -0.144. The minimum Gasteiger partial charge on any atom is -0.492 e. The number of benzene rings is 3. The third-order valence-corrected chi connectivity index (χ3v) is 12.3. The smallest absolute Gasteiger partial charge is 0.307 e. The second-order valence-electron chi connectivity index (χ2n) is 16.2. The van der Waals surface area contributed by atoms with E-state index in [2.05, 4.69) is 45.1 Å². The van der Waals surface area contributed by atoms with Gasteiger partial charge in [0.15, 0.2) is 0 Å². The molecule has 0 bridgehead atoms. The van der Waals surface area contributed by atoms with Gasteiger partial charge in [-0.3, -0.25) is 19.3 Å². The van der Waals surface area contributed by atoms with Crippen molar-refractivity contribution in [3.05, 3.63) is 101 Å². The molecule has 3 aromatic carbocycles. The lowest BCUT2D eigenvalue weighted by Gasteiger charge is -2.24. The second-order valence-corrected chi connectivity index (χ2v) is 16.2. The number of aliphatic carboxylic acids is 3. The van der Waals surface area contributed by atoms with E-state index in [4.69, 9.17) is 4.74 Å². The number of nitrogens with zero attached hydrogens (tertiary/aromatic N) is 1. The number of nitrogens with one attached hydrogen (secondary N) is 3. The van der Waals surface area contributed by atoms with Crippen LogP contribution >= 0.6 is 0 Å². The molecule has 3 aliphatic rings. The Balaban J connectivity index is 1.10. The zero-order valence-electron chi connectivity index (χ0n) is 32.5. The van der Waals surface area contributed by atoms with Gasteiger partial charge in [-0.25, -0.2) is 0 Å². The van der Waals surface area contributed by atoms with Gasteiger partial charge >= 0.3 is 17.9 Å². The van der Waals surface area contributed by atoms with Crippen LogP contribution in [0.2, 0.25) is 0 Å². The van der Waals surface area contributed by atoms with Crippen LogP contribution in [0.3, 0.4) is 0 Å². The topological polar surface area (TPSA) is 160 Å². The van der Waals surface area contributed by atoms with Crippen LogP contribution in [0, 0.1) is 35.5 Å². The molecule has 6 rings (SSSR count). The highest BCUT2D eigenvalue weighted by Crippen LogP contribution is 2.27. The summed E-state index contributed by atoms with van der Waals surface area (Å²) in [5.41, 5.74) is 5.40. The third-order valence-electron chi connectivity index (χ3n) is 12.3. The lowest BCUT2D eigenvalue weighted by atomic mass is 9.86. The van der Waals surface area contributed by atoms with E-state index in [1.165, 1.54) is 11.1 Å². The van der Waals surface area contributed by atoms with Crippen molar-refractivity contribution < 1.29 is 34.4 Å². The molecule has 302 valence electrons. The molecule has 3 saturated heterocycles. The molecule has 3 heterocycles. The van der Waals surface area contributed by atoms with Gasteiger partial charge in [-0.1, -0.05) is 60.7 Å². The van der Waals surface area contributed by atoms with Gasteiger partial charge in [0, 0.05) is 19.6 Å². The normalized spacial score (nSPS) is 21.2. The minimum absolute atomic E-state index is 0.124. The molecule has 0 aromatic heterocycles. The molecule has 0 spiro atoms. The minimum atomic E-state index is -0.752. The van der Waals surface area contributed by atoms with Crippen LogP contribution in [0.1, 0.15) is 47.1 Å². The van der Waals surface area contributed by atoms with Crippen LogP contribution in [-0.2, 0) is 46.5 Å². The van der Waals surface area contributed by atoms with Crippen molar-refractivity contribution in [3.63, 3.8) is 0 Å². The summed E-state index contributed by atoms with van der Waals surface area (Å²) in [5.74, 6) is -2.32. The van der Waals surface area contributed by atoms with Crippen molar-refractivity contribution >= 4 is 17.9 Å². The van der Waals surface area contributed by atoms with E-state index in [9.17, 15) is 29.7 Å². The highest BCUT2D eigenvalue weighted by atomic mass is 16.5. The fraction of sp³-hybridized carbons (Fsp3) is 0.533. The van der Waals surface area contributed by atoms with Crippen LogP contribution < -0.4 is 20.7 Å². The zero-order chi connectivity index (χ0) is 39.3. The molecule has 3 fully saturated rings. The Morgan fingerprint density at radius 1 is 0.571 bits per heavy atom. The molecule has 11 heteroatoms. The Hall–Kier alpha value is -4.29. The number of rotatable bonds is 22. The van der Waals surface area contributed by atoms with Crippen molar-refractivity contribution in [1.82, 2.24) is 20.9 Å². The first-order valence-corrected chi connectivity index (χ1v) is 20.6. The molecule has 11 nitrogen and oxygen atoms in total. The van der Waals surface area contributed by atoms with Crippen molar-refractivity contribution in [2.75, 3.05) is 65.5 Å². The van der Waals surface area contributed by atoms with E-state index in [-0.39, 0.29) is 17.8 Å². The first-order valence-electron chi connectivity index (χ1n) is 20.6. The molecule has 0 amide bonds. The Morgan fingerprint density at radius 3 is 1.36 bits per heavy atom. The van der Waals surface area contributed by atoms with Gasteiger partial charge < -0.3 is 36.0 Å². The maximum absolute atomic E-state index is 12.2. The summed E-state index contributed by atoms with van der Waals surface area (Å²) in [4.78, 5) is 38.9. The van der Waals surface area contributed by atoms with Gasteiger partial charge in [-0.2, -0.15) is 0 Å². The van der Waals surface area contributed by atoms with Crippen LogP contribution in [0.5, 0.6) is 5.75 Å². The van der Waals surface area contributed by atoms with E-state index in [0.717, 1.165) is 107 Å². The summed E-state index contributed by atoms with van der Waals surface area (Å²) >= 11 is 0. The molecule has 6 unspecified atom stereocenters. The van der Waals surface area contributed by atoms with E-state index >= 15 is 0 Å².